The molecule has 4 rings (SSSR count). The van der Waals surface area contributed by atoms with E-state index in [1.165, 1.54) is 12.8 Å². The number of piperazine rings is 1. The molecule has 0 spiro atoms. The van der Waals surface area contributed by atoms with E-state index in [4.69, 9.17) is 4.98 Å². The first-order valence-corrected chi connectivity index (χ1v) is 9.33. The minimum absolute atomic E-state index is 0.0232. The highest BCUT2D eigenvalue weighted by Crippen LogP contribution is 2.40. The van der Waals surface area contributed by atoms with Crippen molar-refractivity contribution in [3.63, 3.8) is 0 Å². The second-order valence-corrected chi connectivity index (χ2v) is 7.24. The normalized spacial score (nSPS) is 18.4. The number of benzene rings is 1. The molecule has 1 aromatic heterocycles. The number of aromatic nitrogens is 1. The summed E-state index contributed by atoms with van der Waals surface area (Å²) >= 11 is 0. The molecule has 0 radical (unpaired) electrons. The van der Waals surface area contributed by atoms with Gasteiger partial charge in [0.05, 0.1) is 11.1 Å². The maximum atomic E-state index is 12.8. The van der Waals surface area contributed by atoms with E-state index in [2.05, 4.69) is 34.6 Å². The second-order valence-electron chi connectivity index (χ2n) is 7.24. The van der Waals surface area contributed by atoms with Crippen LogP contribution in [0.1, 0.15) is 40.4 Å². The fourth-order valence-corrected chi connectivity index (χ4v) is 3.49. The number of hydrogen-bond acceptors (Lipinski definition) is 4. The molecular formula is C20H26N4O. The van der Waals surface area contributed by atoms with E-state index in [1.54, 1.807) is 0 Å². The first-order valence-electron chi connectivity index (χ1n) is 9.33. The molecule has 1 aliphatic carbocycles. The maximum absolute atomic E-state index is 12.8. The Morgan fingerprint density at radius 3 is 2.84 bits per heavy atom. The molecule has 2 heterocycles. The third-order valence-electron chi connectivity index (χ3n) is 5.15. The monoisotopic (exact) mass is 338 g/mol. The van der Waals surface area contributed by atoms with Crippen LogP contribution in [0.15, 0.2) is 24.3 Å². The molecule has 1 amide bonds. The van der Waals surface area contributed by atoms with Gasteiger partial charge in [0.25, 0.3) is 5.91 Å². The molecule has 5 nitrogen and oxygen atoms in total. The van der Waals surface area contributed by atoms with E-state index in [0.717, 1.165) is 60.4 Å². The van der Waals surface area contributed by atoms with Crippen molar-refractivity contribution in [1.29, 1.82) is 0 Å². The van der Waals surface area contributed by atoms with Crippen molar-refractivity contribution >= 4 is 16.8 Å². The van der Waals surface area contributed by atoms with Crippen LogP contribution < -0.4 is 10.6 Å². The quantitative estimate of drug-likeness (QED) is 0.876. The van der Waals surface area contributed by atoms with Gasteiger partial charge in [-0.1, -0.05) is 11.6 Å². The van der Waals surface area contributed by atoms with Crippen LogP contribution in [0.25, 0.3) is 10.9 Å². The lowest BCUT2D eigenvalue weighted by Gasteiger charge is -2.27. The summed E-state index contributed by atoms with van der Waals surface area (Å²) < 4.78 is 0. The summed E-state index contributed by atoms with van der Waals surface area (Å²) in [5, 5.41) is 7.43. The van der Waals surface area contributed by atoms with Crippen molar-refractivity contribution < 1.29 is 4.79 Å². The molecular weight excluding hydrogens is 312 g/mol. The number of rotatable bonds is 5. The molecule has 1 aliphatic heterocycles. The zero-order valence-corrected chi connectivity index (χ0v) is 14.8. The largest absolute Gasteiger partial charge is 0.351 e. The molecule has 2 aliphatic rings. The van der Waals surface area contributed by atoms with Gasteiger partial charge in [0.2, 0.25) is 0 Å². The van der Waals surface area contributed by atoms with Gasteiger partial charge < -0.3 is 10.6 Å². The van der Waals surface area contributed by atoms with Gasteiger partial charge in [-0.3, -0.25) is 14.7 Å². The lowest BCUT2D eigenvalue weighted by Crippen LogP contribution is -2.46. The molecule has 0 atom stereocenters. The summed E-state index contributed by atoms with van der Waals surface area (Å²) in [7, 11) is 0. The van der Waals surface area contributed by atoms with Crippen LogP contribution in [0.3, 0.4) is 0 Å². The maximum Gasteiger partial charge on any atom is 0.252 e. The van der Waals surface area contributed by atoms with Gasteiger partial charge in [-0.15, -0.1) is 0 Å². The number of pyridine rings is 1. The predicted octanol–water partition coefficient (Wildman–Crippen LogP) is 2.06. The topological polar surface area (TPSA) is 57.3 Å². The zero-order chi connectivity index (χ0) is 17.2. The van der Waals surface area contributed by atoms with E-state index < -0.39 is 0 Å². The Labute approximate surface area is 148 Å². The number of carbonyl (C=O) groups excluding carboxylic acids is 1. The van der Waals surface area contributed by atoms with Gasteiger partial charge in [0, 0.05) is 56.3 Å². The van der Waals surface area contributed by atoms with E-state index >= 15 is 0 Å². The zero-order valence-electron chi connectivity index (χ0n) is 14.8. The number of fused-ring (bicyclic) bond motifs is 1. The Balaban J connectivity index is 1.51. The minimum Gasteiger partial charge on any atom is -0.351 e. The highest BCUT2D eigenvalue weighted by Gasteiger charge is 2.27. The van der Waals surface area contributed by atoms with Crippen molar-refractivity contribution in [3.8, 4) is 0 Å². The van der Waals surface area contributed by atoms with Crippen molar-refractivity contribution in [2.24, 2.45) is 0 Å². The first kappa shape index (κ1) is 16.5. The van der Waals surface area contributed by atoms with E-state index in [9.17, 15) is 4.79 Å². The van der Waals surface area contributed by atoms with Crippen LogP contribution >= 0.6 is 0 Å². The van der Waals surface area contributed by atoms with Crippen molar-refractivity contribution in [2.75, 3.05) is 39.3 Å². The SMILES string of the molecule is Cc1ccc2nc(C3CC3)cc(C(=O)NCCN3CCNCC3)c2c1. The van der Waals surface area contributed by atoms with Crippen LogP contribution in [-0.2, 0) is 0 Å². The van der Waals surface area contributed by atoms with Crippen LogP contribution in [0.5, 0.6) is 0 Å². The molecule has 2 fully saturated rings. The van der Waals surface area contributed by atoms with E-state index in [0.29, 0.717) is 12.5 Å². The average molecular weight is 338 g/mol. The third-order valence-corrected chi connectivity index (χ3v) is 5.15. The molecule has 2 aromatic rings. The minimum atomic E-state index is 0.0232. The standard InChI is InChI=1S/C20H26N4O/c1-14-2-5-18-16(12-14)17(13-19(23-18)15-3-4-15)20(25)22-8-11-24-9-6-21-7-10-24/h2,5,12-13,15,21H,3-4,6-11H2,1H3,(H,22,25). The summed E-state index contributed by atoms with van der Waals surface area (Å²) in [6.45, 7) is 7.83. The highest BCUT2D eigenvalue weighted by molar-refractivity contribution is 6.06. The summed E-state index contributed by atoms with van der Waals surface area (Å²) in [6.07, 6.45) is 2.38. The fraction of sp³-hybridized carbons (Fsp3) is 0.500. The molecule has 5 heteroatoms. The van der Waals surface area contributed by atoms with Crippen molar-refractivity contribution in [1.82, 2.24) is 20.5 Å². The molecule has 1 aromatic carbocycles. The Hall–Kier alpha value is -1.98. The molecule has 25 heavy (non-hydrogen) atoms. The van der Waals surface area contributed by atoms with Crippen LogP contribution in [0.4, 0.5) is 0 Å². The number of amides is 1. The lowest BCUT2D eigenvalue weighted by atomic mass is 10.0. The van der Waals surface area contributed by atoms with Crippen LogP contribution in [-0.4, -0.2) is 55.1 Å². The van der Waals surface area contributed by atoms with Gasteiger partial charge in [0.1, 0.15) is 0 Å². The van der Waals surface area contributed by atoms with E-state index in [-0.39, 0.29) is 5.91 Å². The molecule has 0 unspecified atom stereocenters. The molecule has 0 bridgehead atoms. The number of aryl methyl sites for hydroxylation is 1. The number of carbonyl (C=O) groups is 1. The van der Waals surface area contributed by atoms with Crippen LogP contribution in [0.2, 0.25) is 0 Å². The van der Waals surface area contributed by atoms with Crippen molar-refractivity contribution in [2.45, 2.75) is 25.7 Å². The summed E-state index contributed by atoms with van der Waals surface area (Å²) in [5.41, 5.74) is 3.94. The Morgan fingerprint density at radius 1 is 1.28 bits per heavy atom. The summed E-state index contributed by atoms with van der Waals surface area (Å²) in [4.78, 5) is 20.0. The van der Waals surface area contributed by atoms with Gasteiger partial charge in [-0.25, -0.2) is 0 Å². The van der Waals surface area contributed by atoms with Crippen molar-refractivity contribution in [3.05, 3.63) is 41.1 Å². The van der Waals surface area contributed by atoms with Gasteiger partial charge >= 0.3 is 0 Å². The van der Waals surface area contributed by atoms with Gasteiger partial charge in [0.15, 0.2) is 0 Å². The smallest absolute Gasteiger partial charge is 0.252 e. The average Bonchev–Trinajstić information content (AvgIpc) is 3.47. The summed E-state index contributed by atoms with van der Waals surface area (Å²) in [5.74, 6) is 0.563. The molecule has 132 valence electrons. The highest BCUT2D eigenvalue weighted by atomic mass is 16.1. The second kappa shape index (κ2) is 7.10. The Morgan fingerprint density at radius 2 is 2.08 bits per heavy atom. The fourth-order valence-electron chi connectivity index (χ4n) is 3.49. The molecule has 1 saturated carbocycles. The third kappa shape index (κ3) is 3.83. The van der Waals surface area contributed by atoms with Gasteiger partial charge in [-0.2, -0.15) is 0 Å². The Kier molecular flexibility index (Phi) is 4.68. The lowest BCUT2D eigenvalue weighted by molar-refractivity contribution is 0.0949. The van der Waals surface area contributed by atoms with E-state index in [1.807, 2.05) is 12.1 Å². The molecule has 2 N–H and O–H groups in total. The number of nitrogens with zero attached hydrogens (tertiary/aromatic N) is 2. The number of nitrogens with one attached hydrogen (secondary N) is 2. The van der Waals surface area contributed by atoms with Gasteiger partial charge in [-0.05, 0) is 38.0 Å². The summed E-state index contributed by atoms with van der Waals surface area (Å²) in [6, 6.07) is 8.19. The first-order chi connectivity index (χ1) is 12.2. The molecule has 1 saturated heterocycles. The van der Waals surface area contributed by atoms with Crippen LogP contribution in [0, 0.1) is 6.92 Å². The Bertz CT molecular complexity index is 779. The number of hydrogen-bond donors (Lipinski definition) is 2. The predicted molar refractivity (Wildman–Crippen MR) is 100 cm³/mol.